The van der Waals surface area contributed by atoms with Crippen LogP contribution in [0.1, 0.15) is 64.2 Å². The van der Waals surface area contributed by atoms with Crippen LogP contribution in [0.15, 0.2) is 30.3 Å². The van der Waals surface area contributed by atoms with Gasteiger partial charge in [0.25, 0.3) is 0 Å². The number of rotatable bonds is 6. The third-order valence-electron chi connectivity index (χ3n) is 5.21. The molecule has 7 nitrogen and oxygen atoms in total. The second-order valence-corrected chi connectivity index (χ2v) is 7.78. The maximum atomic E-state index is 12.1. The average molecular weight is 386 g/mol. The normalized spacial score (nSPS) is 22.2. The third-order valence-corrected chi connectivity index (χ3v) is 5.21. The highest BCUT2D eigenvalue weighted by Gasteiger charge is 2.34. The monoisotopic (exact) mass is 385 g/mol. The van der Waals surface area contributed by atoms with Gasteiger partial charge in [0, 0.05) is 24.1 Å². The Morgan fingerprint density at radius 1 is 1.29 bits per heavy atom. The zero-order valence-corrected chi connectivity index (χ0v) is 16.9. The summed E-state index contributed by atoms with van der Waals surface area (Å²) in [4.78, 5) is 16.9. The molecule has 3 rings (SSSR count). The molecule has 152 valence electrons. The van der Waals surface area contributed by atoms with Gasteiger partial charge in [-0.1, -0.05) is 37.3 Å². The Labute approximate surface area is 166 Å². The van der Waals surface area contributed by atoms with E-state index in [1.54, 1.807) is 0 Å². The molecular formula is C21H31N5O2. The predicted octanol–water partition coefficient (Wildman–Crippen LogP) is 3.23. The van der Waals surface area contributed by atoms with Crippen LogP contribution >= 0.6 is 0 Å². The molecule has 1 heterocycles. The van der Waals surface area contributed by atoms with Crippen molar-refractivity contribution in [1.82, 2.24) is 25.4 Å². The van der Waals surface area contributed by atoms with Crippen molar-refractivity contribution in [3.8, 4) is 11.4 Å². The Bertz CT molecular complexity index is 774. The summed E-state index contributed by atoms with van der Waals surface area (Å²) in [6, 6.07) is 9.65. The Morgan fingerprint density at radius 2 is 2.04 bits per heavy atom. The lowest BCUT2D eigenvalue weighted by Crippen LogP contribution is -2.50. The summed E-state index contributed by atoms with van der Waals surface area (Å²) in [6.07, 6.45) is 2.46. The molecule has 0 aliphatic heterocycles. The van der Waals surface area contributed by atoms with Crippen molar-refractivity contribution in [3.05, 3.63) is 36.2 Å². The molecule has 28 heavy (non-hydrogen) atoms. The number of benzene rings is 1. The van der Waals surface area contributed by atoms with Gasteiger partial charge in [-0.25, -0.2) is 14.5 Å². The van der Waals surface area contributed by atoms with Gasteiger partial charge in [-0.3, -0.25) is 0 Å². The molecule has 0 bridgehead atoms. The van der Waals surface area contributed by atoms with Gasteiger partial charge < -0.3 is 15.7 Å². The van der Waals surface area contributed by atoms with Gasteiger partial charge in [0.05, 0.1) is 12.1 Å². The quantitative estimate of drug-likeness (QED) is 0.712. The molecular weight excluding hydrogens is 354 g/mol. The van der Waals surface area contributed by atoms with Crippen molar-refractivity contribution in [2.45, 2.75) is 70.6 Å². The number of hydrogen-bond donors (Lipinski definition) is 3. The number of urea groups is 1. The summed E-state index contributed by atoms with van der Waals surface area (Å²) < 4.78 is 1.99. The SMILES string of the molecule is CCCNC(=O)N[C@@H]1C[C@@H](c2nc(-c3ccccc3)nn2C(C)C)CC[C@H]1O. The molecule has 1 aromatic carbocycles. The maximum absolute atomic E-state index is 12.1. The van der Waals surface area contributed by atoms with E-state index in [-0.39, 0.29) is 24.0 Å². The number of carbonyl (C=O) groups excluding carboxylic acids is 1. The summed E-state index contributed by atoms with van der Waals surface area (Å²) in [5, 5.41) is 20.9. The number of aliphatic hydroxyl groups is 1. The van der Waals surface area contributed by atoms with E-state index >= 15 is 0 Å². The topological polar surface area (TPSA) is 92.1 Å². The summed E-state index contributed by atoms with van der Waals surface area (Å²) in [5.74, 6) is 1.80. The molecule has 1 aliphatic rings. The summed E-state index contributed by atoms with van der Waals surface area (Å²) in [7, 11) is 0. The Hall–Kier alpha value is -2.41. The average Bonchev–Trinajstić information content (AvgIpc) is 3.14. The molecule has 1 aliphatic carbocycles. The molecule has 3 atom stereocenters. The lowest BCUT2D eigenvalue weighted by atomic mass is 9.83. The van der Waals surface area contributed by atoms with E-state index in [2.05, 4.69) is 24.5 Å². The molecule has 2 amide bonds. The zero-order chi connectivity index (χ0) is 20.1. The highest BCUT2D eigenvalue weighted by Crippen LogP contribution is 2.34. The van der Waals surface area contributed by atoms with Crippen LogP contribution in [0.5, 0.6) is 0 Å². The molecule has 1 aromatic heterocycles. The van der Waals surface area contributed by atoms with Crippen molar-refractivity contribution in [2.24, 2.45) is 0 Å². The van der Waals surface area contributed by atoms with E-state index in [4.69, 9.17) is 10.1 Å². The largest absolute Gasteiger partial charge is 0.391 e. The van der Waals surface area contributed by atoms with Crippen LogP contribution in [-0.2, 0) is 0 Å². The number of nitrogens with one attached hydrogen (secondary N) is 2. The van der Waals surface area contributed by atoms with Crippen molar-refractivity contribution in [1.29, 1.82) is 0 Å². The zero-order valence-electron chi connectivity index (χ0n) is 16.9. The van der Waals surface area contributed by atoms with Gasteiger partial charge in [0.2, 0.25) is 0 Å². The van der Waals surface area contributed by atoms with E-state index < -0.39 is 6.10 Å². The van der Waals surface area contributed by atoms with E-state index in [1.165, 1.54) is 0 Å². The first-order chi connectivity index (χ1) is 13.5. The van der Waals surface area contributed by atoms with E-state index in [0.29, 0.717) is 19.4 Å². The highest BCUT2D eigenvalue weighted by molar-refractivity contribution is 5.74. The highest BCUT2D eigenvalue weighted by atomic mass is 16.3. The Morgan fingerprint density at radius 3 is 2.71 bits per heavy atom. The van der Waals surface area contributed by atoms with E-state index in [0.717, 1.165) is 30.1 Å². The first kappa shape index (κ1) is 20.3. The lowest BCUT2D eigenvalue weighted by molar-refractivity contribution is 0.0847. The van der Waals surface area contributed by atoms with Crippen LogP contribution in [0.2, 0.25) is 0 Å². The van der Waals surface area contributed by atoms with Crippen LogP contribution in [0.25, 0.3) is 11.4 Å². The molecule has 1 saturated carbocycles. The van der Waals surface area contributed by atoms with Gasteiger partial charge in [-0.15, -0.1) is 0 Å². The maximum Gasteiger partial charge on any atom is 0.315 e. The fourth-order valence-electron chi connectivity index (χ4n) is 3.71. The van der Waals surface area contributed by atoms with Crippen LogP contribution < -0.4 is 10.6 Å². The molecule has 0 unspecified atom stereocenters. The minimum atomic E-state index is -0.535. The van der Waals surface area contributed by atoms with Crippen LogP contribution in [0.4, 0.5) is 4.79 Å². The number of amides is 2. The molecule has 3 N–H and O–H groups in total. The lowest BCUT2D eigenvalue weighted by Gasteiger charge is -2.33. The number of carbonyl (C=O) groups is 1. The number of hydrogen-bond acceptors (Lipinski definition) is 4. The molecule has 0 saturated heterocycles. The summed E-state index contributed by atoms with van der Waals surface area (Å²) in [5.41, 5.74) is 0.993. The predicted molar refractivity (Wildman–Crippen MR) is 109 cm³/mol. The minimum absolute atomic E-state index is 0.146. The third kappa shape index (κ3) is 4.70. The molecule has 1 fully saturated rings. The smallest absolute Gasteiger partial charge is 0.315 e. The first-order valence-corrected chi connectivity index (χ1v) is 10.2. The van der Waals surface area contributed by atoms with Gasteiger partial charge in [0.1, 0.15) is 5.82 Å². The Balaban J connectivity index is 1.80. The standard InChI is InChI=1S/C21H31N5O2/c1-4-12-22-21(28)23-17-13-16(10-11-18(17)27)20-24-19(25-26(20)14(2)3)15-8-6-5-7-9-15/h5-9,14,16-18,27H,4,10-13H2,1-3H3,(H2,22,23,28)/t16-,17+,18+/m0/s1. The van der Waals surface area contributed by atoms with Gasteiger partial charge in [-0.05, 0) is 39.5 Å². The fourth-order valence-corrected chi connectivity index (χ4v) is 3.71. The second kappa shape index (κ2) is 9.19. The fraction of sp³-hybridized carbons (Fsp3) is 0.571. The molecule has 0 radical (unpaired) electrons. The Kier molecular flexibility index (Phi) is 6.67. The molecule has 7 heteroatoms. The molecule has 0 spiro atoms. The van der Waals surface area contributed by atoms with Crippen molar-refractivity contribution >= 4 is 6.03 Å². The number of aromatic nitrogens is 3. The van der Waals surface area contributed by atoms with Crippen molar-refractivity contribution in [2.75, 3.05) is 6.54 Å². The van der Waals surface area contributed by atoms with E-state index in [9.17, 15) is 9.90 Å². The van der Waals surface area contributed by atoms with E-state index in [1.807, 2.05) is 41.9 Å². The van der Waals surface area contributed by atoms with Crippen LogP contribution in [0, 0.1) is 0 Å². The van der Waals surface area contributed by atoms with Crippen molar-refractivity contribution < 1.29 is 9.90 Å². The van der Waals surface area contributed by atoms with Gasteiger partial charge >= 0.3 is 6.03 Å². The molecule has 2 aromatic rings. The number of nitrogens with zero attached hydrogens (tertiary/aromatic N) is 3. The van der Waals surface area contributed by atoms with Gasteiger partial charge in [-0.2, -0.15) is 5.10 Å². The summed E-state index contributed by atoms with van der Waals surface area (Å²) in [6.45, 7) is 6.83. The first-order valence-electron chi connectivity index (χ1n) is 10.2. The van der Waals surface area contributed by atoms with Gasteiger partial charge in [0.15, 0.2) is 5.82 Å². The van der Waals surface area contributed by atoms with Crippen LogP contribution in [-0.4, -0.2) is 44.6 Å². The van der Waals surface area contributed by atoms with Crippen molar-refractivity contribution in [3.63, 3.8) is 0 Å². The van der Waals surface area contributed by atoms with Crippen LogP contribution in [0.3, 0.4) is 0 Å². The second-order valence-electron chi connectivity index (χ2n) is 7.78. The number of aliphatic hydroxyl groups excluding tert-OH is 1. The minimum Gasteiger partial charge on any atom is -0.391 e. The summed E-state index contributed by atoms with van der Waals surface area (Å²) >= 11 is 0.